The summed E-state index contributed by atoms with van der Waals surface area (Å²) in [5, 5.41) is 2.68. The molecule has 0 spiro atoms. The average Bonchev–Trinajstić information content (AvgIpc) is 2.37. The highest BCUT2D eigenvalue weighted by Crippen LogP contribution is 2.19. The molecule has 1 rings (SSSR count). The predicted octanol–water partition coefficient (Wildman–Crippen LogP) is 2.57. The molecule has 0 unspecified atom stereocenters. The van der Waals surface area contributed by atoms with Crippen LogP contribution in [-0.4, -0.2) is 33.5 Å². The second-order valence-electron chi connectivity index (χ2n) is 3.61. The molecule has 0 aromatic heterocycles. The van der Waals surface area contributed by atoms with Crippen LogP contribution in [0.5, 0.6) is 0 Å². The van der Waals surface area contributed by atoms with Crippen LogP contribution in [0.25, 0.3) is 0 Å². The molecule has 1 aromatic rings. The molecule has 0 aliphatic rings. The molecule has 0 saturated carbocycles. The monoisotopic (exact) mass is 263 g/mol. The van der Waals surface area contributed by atoms with E-state index in [1.807, 2.05) is 0 Å². The van der Waals surface area contributed by atoms with Crippen LogP contribution in [0.4, 0.5) is 18.9 Å². The van der Waals surface area contributed by atoms with E-state index in [0.717, 1.165) is 6.07 Å². The maximum Gasteiger partial charge on any atom is 0.196 e. The second-order valence-corrected chi connectivity index (χ2v) is 3.61. The molecule has 102 valence electrons. The summed E-state index contributed by atoms with van der Waals surface area (Å²) >= 11 is 0. The highest BCUT2D eigenvalue weighted by Gasteiger charge is 2.12. The molecule has 6 heteroatoms. The molecule has 1 N–H and O–H groups in total. The zero-order valence-electron chi connectivity index (χ0n) is 10.1. The van der Waals surface area contributed by atoms with Crippen molar-refractivity contribution in [2.24, 2.45) is 0 Å². The van der Waals surface area contributed by atoms with Crippen LogP contribution in [0.2, 0.25) is 0 Å². The van der Waals surface area contributed by atoms with Gasteiger partial charge < -0.3 is 14.8 Å². The Morgan fingerprint density at radius 3 is 2.56 bits per heavy atom. The van der Waals surface area contributed by atoms with Gasteiger partial charge in [0.2, 0.25) is 0 Å². The molecule has 0 saturated heterocycles. The summed E-state index contributed by atoms with van der Waals surface area (Å²) in [6.07, 6.45) is 0.627. The van der Waals surface area contributed by atoms with Gasteiger partial charge in [0.05, 0.1) is 18.9 Å². The molecule has 0 atom stereocenters. The molecular weight excluding hydrogens is 247 g/mol. The maximum absolute atomic E-state index is 13.2. The minimum absolute atomic E-state index is 0.0502. The van der Waals surface area contributed by atoms with E-state index in [-0.39, 0.29) is 5.69 Å². The molecule has 0 heterocycles. The van der Waals surface area contributed by atoms with Crippen molar-refractivity contribution in [3.8, 4) is 0 Å². The van der Waals surface area contributed by atoms with E-state index >= 15 is 0 Å². The standard InChI is InChI=1S/C12H16F3NO2/c1-17-7-8-18-6-2-5-16-10-4-3-9(13)11(14)12(10)15/h3-4,16H,2,5-8H2,1H3. The lowest BCUT2D eigenvalue weighted by molar-refractivity contribution is 0.0705. The number of nitrogens with one attached hydrogen (secondary N) is 1. The minimum atomic E-state index is -1.46. The van der Waals surface area contributed by atoms with Crippen molar-refractivity contribution in [3.63, 3.8) is 0 Å². The van der Waals surface area contributed by atoms with E-state index in [4.69, 9.17) is 9.47 Å². The number of ether oxygens (including phenoxy) is 2. The Morgan fingerprint density at radius 1 is 1.06 bits per heavy atom. The summed E-state index contributed by atoms with van der Waals surface area (Å²) in [6, 6.07) is 2.05. The Morgan fingerprint density at radius 2 is 1.83 bits per heavy atom. The van der Waals surface area contributed by atoms with E-state index in [0.29, 0.717) is 32.8 Å². The molecular formula is C12H16F3NO2. The van der Waals surface area contributed by atoms with Gasteiger partial charge >= 0.3 is 0 Å². The van der Waals surface area contributed by atoms with Crippen molar-refractivity contribution in [3.05, 3.63) is 29.6 Å². The van der Waals surface area contributed by atoms with Crippen molar-refractivity contribution in [2.75, 3.05) is 38.8 Å². The van der Waals surface area contributed by atoms with Crippen molar-refractivity contribution >= 4 is 5.69 Å². The van der Waals surface area contributed by atoms with Crippen LogP contribution in [0.15, 0.2) is 12.1 Å². The maximum atomic E-state index is 13.2. The zero-order chi connectivity index (χ0) is 13.4. The van der Waals surface area contributed by atoms with Gasteiger partial charge in [-0.1, -0.05) is 0 Å². The van der Waals surface area contributed by atoms with Crippen molar-refractivity contribution in [2.45, 2.75) is 6.42 Å². The summed E-state index contributed by atoms with van der Waals surface area (Å²) in [5.41, 5.74) is -0.0502. The van der Waals surface area contributed by atoms with E-state index in [2.05, 4.69) is 5.32 Å². The van der Waals surface area contributed by atoms with E-state index in [1.54, 1.807) is 7.11 Å². The van der Waals surface area contributed by atoms with Gasteiger partial charge in [0, 0.05) is 20.3 Å². The molecule has 0 radical (unpaired) electrons. The largest absolute Gasteiger partial charge is 0.383 e. The predicted molar refractivity (Wildman–Crippen MR) is 62.1 cm³/mol. The second kappa shape index (κ2) is 7.94. The fourth-order valence-electron chi connectivity index (χ4n) is 1.30. The van der Waals surface area contributed by atoms with Crippen LogP contribution < -0.4 is 5.32 Å². The number of benzene rings is 1. The van der Waals surface area contributed by atoms with E-state index in [1.165, 1.54) is 6.07 Å². The molecule has 0 aliphatic heterocycles. The third-order valence-electron chi connectivity index (χ3n) is 2.25. The lowest BCUT2D eigenvalue weighted by Gasteiger charge is -2.08. The highest BCUT2D eigenvalue weighted by atomic mass is 19.2. The lowest BCUT2D eigenvalue weighted by Crippen LogP contribution is -2.10. The SMILES string of the molecule is COCCOCCCNc1ccc(F)c(F)c1F. The van der Waals surface area contributed by atoms with Gasteiger partial charge in [-0.15, -0.1) is 0 Å². The third kappa shape index (κ3) is 4.54. The van der Waals surface area contributed by atoms with Crippen LogP contribution in [0, 0.1) is 17.5 Å². The minimum Gasteiger partial charge on any atom is -0.383 e. The molecule has 0 aliphatic carbocycles. The Bertz CT molecular complexity index is 375. The van der Waals surface area contributed by atoms with Crippen LogP contribution in [0.3, 0.4) is 0 Å². The number of hydrogen-bond donors (Lipinski definition) is 1. The quantitative estimate of drug-likeness (QED) is 0.577. The summed E-state index contributed by atoms with van der Waals surface area (Å²) < 4.78 is 48.7. The van der Waals surface area contributed by atoms with Crippen LogP contribution in [0.1, 0.15) is 6.42 Å². The van der Waals surface area contributed by atoms with E-state index < -0.39 is 17.5 Å². The number of anilines is 1. The van der Waals surface area contributed by atoms with Crippen LogP contribution >= 0.6 is 0 Å². The first-order chi connectivity index (χ1) is 8.66. The van der Waals surface area contributed by atoms with Gasteiger partial charge in [-0.05, 0) is 18.6 Å². The fourth-order valence-corrected chi connectivity index (χ4v) is 1.30. The van der Waals surface area contributed by atoms with Crippen LogP contribution in [-0.2, 0) is 9.47 Å². The summed E-state index contributed by atoms with van der Waals surface area (Å²) in [4.78, 5) is 0. The molecule has 18 heavy (non-hydrogen) atoms. The molecule has 0 amide bonds. The normalized spacial score (nSPS) is 10.7. The summed E-state index contributed by atoms with van der Waals surface area (Å²) in [5.74, 6) is -3.85. The fraction of sp³-hybridized carbons (Fsp3) is 0.500. The van der Waals surface area contributed by atoms with Gasteiger partial charge in [-0.3, -0.25) is 0 Å². The highest BCUT2D eigenvalue weighted by molar-refractivity contribution is 5.45. The Labute approximate surface area is 104 Å². The van der Waals surface area contributed by atoms with E-state index in [9.17, 15) is 13.2 Å². The van der Waals surface area contributed by atoms with Gasteiger partial charge in [0.15, 0.2) is 17.5 Å². The average molecular weight is 263 g/mol. The summed E-state index contributed by atoms with van der Waals surface area (Å²) in [6.45, 7) is 1.91. The molecule has 0 bridgehead atoms. The first-order valence-electron chi connectivity index (χ1n) is 5.61. The number of hydrogen-bond acceptors (Lipinski definition) is 3. The summed E-state index contributed by atoms with van der Waals surface area (Å²) in [7, 11) is 1.58. The van der Waals surface area contributed by atoms with Crippen molar-refractivity contribution in [1.82, 2.24) is 0 Å². The zero-order valence-corrected chi connectivity index (χ0v) is 10.1. The first-order valence-corrected chi connectivity index (χ1v) is 5.61. The Balaban J connectivity index is 2.25. The van der Waals surface area contributed by atoms with Gasteiger partial charge in [0.25, 0.3) is 0 Å². The number of halogens is 3. The van der Waals surface area contributed by atoms with Crippen molar-refractivity contribution in [1.29, 1.82) is 0 Å². The molecule has 1 aromatic carbocycles. The lowest BCUT2D eigenvalue weighted by atomic mass is 10.2. The number of methoxy groups -OCH3 is 1. The first kappa shape index (κ1) is 14.8. The third-order valence-corrected chi connectivity index (χ3v) is 2.25. The number of rotatable bonds is 8. The van der Waals surface area contributed by atoms with Gasteiger partial charge in [-0.25, -0.2) is 13.2 Å². The molecule has 3 nitrogen and oxygen atoms in total. The molecule has 0 fully saturated rings. The van der Waals surface area contributed by atoms with Gasteiger partial charge in [-0.2, -0.15) is 0 Å². The topological polar surface area (TPSA) is 30.5 Å². The Hall–Kier alpha value is -1.27. The van der Waals surface area contributed by atoms with Gasteiger partial charge in [0.1, 0.15) is 0 Å². The smallest absolute Gasteiger partial charge is 0.196 e. The Kier molecular flexibility index (Phi) is 6.53. The van der Waals surface area contributed by atoms with Crippen molar-refractivity contribution < 1.29 is 22.6 Å².